The Morgan fingerprint density at radius 3 is 2.63 bits per heavy atom. The summed E-state index contributed by atoms with van der Waals surface area (Å²) < 4.78 is 0. The maximum Gasteiger partial charge on any atom is 0.234 e. The number of nitrogens with one attached hydrogen (secondary N) is 1. The Morgan fingerprint density at radius 1 is 1.21 bits per heavy atom. The molecule has 1 aromatic carbocycles. The molecule has 1 amide bonds. The first-order valence-electron chi connectivity index (χ1n) is 7.14. The predicted octanol–water partition coefficient (Wildman–Crippen LogP) is 4.31. The van der Waals surface area contributed by atoms with E-state index in [0.29, 0.717) is 11.0 Å². The zero-order chi connectivity index (χ0) is 13.7. The van der Waals surface area contributed by atoms with Crippen molar-refractivity contribution in [2.75, 3.05) is 11.1 Å². The molecule has 0 unspecified atom stereocenters. The van der Waals surface area contributed by atoms with Gasteiger partial charge >= 0.3 is 0 Å². The number of aryl methyl sites for hydroxylation is 2. The summed E-state index contributed by atoms with van der Waals surface area (Å²) in [5.74, 6) is 0.705. The number of thioether (sulfide) groups is 1. The van der Waals surface area contributed by atoms with Gasteiger partial charge in [0.1, 0.15) is 0 Å². The third-order valence-corrected chi connectivity index (χ3v) is 5.16. The SMILES string of the molecule is Cc1ccc(NC(=O)CSC2CCCCC2)cc1C. The number of carbonyl (C=O) groups excluding carboxylic acids is 1. The van der Waals surface area contributed by atoms with Gasteiger partial charge in [-0.1, -0.05) is 25.3 Å². The maximum absolute atomic E-state index is 11.9. The highest BCUT2D eigenvalue weighted by Gasteiger charge is 2.15. The molecular weight excluding hydrogens is 254 g/mol. The van der Waals surface area contributed by atoms with Crippen molar-refractivity contribution in [2.24, 2.45) is 0 Å². The fourth-order valence-electron chi connectivity index (χ4n) is 2.44. The average Bonchev–Trinajstić information content (AvgIpc) is 2.42. The summed E-state index contributed by atoms with van der Waals surface area (Å²) in [7, 11) is 0. The summed E-state index contributed by atoms with van der Waals surface area (Å²) in [6.45, 7) is 4.15. The van der Waals surface area contributed by atoms with Crippen LogP contribution < -0.4 is 5.32 Å². The first-order chi connectivity index (χ1) is 9.15. The number of carbonyl (C=O) groups is 1. The van der Waals surface area contributed by atoms with E-state index in [2.05, 4.69) is 25.2 Å². The van der Waals surface area contributed by atoms with Crippen molar-refractivity contribution < 1.29 is 4.79 Å². The van der Waals surface area contributed by atoms with Crippen molar-refractivity contribution in [3.05, 3.63) is 29.3 Å². The highest BCUT2D eigenvalue weighted by atomic mass is 32.2. The van der Waals surface area contributed by atoms with Crippen LogP contribution in [0.5, 0.6) is 0 Å². The lowest BCUT2D eigenvalue weighted by Gasteiger charge is -2.20. The highest BCUT2D eigenvalue weighted by molar-refractivity contribution is 8.00. The minimum absolute atomic E-state index is 0.124. The van der Waals surface area contributed by atoms with Gasteiger partial charge in [0.2, 0.25) is 5.91 Å². The molecule has 0 spiro atoms. The molecule has 2 rings (SSSR count). The second-order valence-corrected chi connectivity index (χ2v) is 6.71. The Labute approximate surface area is 120 Å². The number of hydrogen-bond acceptors (Lipinski definition) is 2. The normalized spacial score (nSPS) is 16.3. The zero-order valence-electron chi connectivity index (χ0n) is 11.9. The molecule has 2 nitrogen and oxygen atoms in total. The lowest BCUT2D eigenvalue weighted by molar-refractivity contribution is -0.113. The van der Waals surface area contributed by atoms with E-state index in [1.165, 1.54) is 43.2 Å². The van der Waals surface area contributed by atoms with Crippen LogP contribution in [0.1, 0.15) is 43.2 Å². The largest absolute Gasteiger partial charge is 0.325 e. The Balaban J connectivity index is 1.78. The van der Waals surface area contributed by atoms with E-state index in [-0.39, 0.29) is 5.91 Å². The minimum Gasteiger partial charge on any atom is -0.325 e. The third kappa shape index (κ3) is 4.57. The van der Waals surface area contributed by atoms with Crippen LogP contribution in [0.15, 0.2) is 18.2 Å². The molecular formula is C16H23NOS. The summed E-state index contributed by atoms with van der Waals surface area (Å²) in [5, 5.41) is 3.68. The number of hydrogen-bond donors (Lipinski definition) is 1. The van der Waals surface area contributed by atoms with Gasteiger partial charge in [-0.25, -0.2) is 0 Å². The van der Waals surface area contributed by atoms with Gasteiger partial charge in [0.25, 0.3) is 0 Å². The van der Waals surface area contributed by atoms with Crippen molar-refractivity contribution >= 4 is 23.4 Å². The van der Waals surface area contributed by atoms with Gasteiger partial charge in [-0.2, -0.15) is 0 Å². The molecule has 1 fully saturated rings. The van der Waals surface area contributed by atoms with E-state index in [1.807, 2.05) is 23.9 Å². The fourth-order valence-corrected chi connectivity index (χ4v) is 3.57. The molecule has 104 valence electrons. The monoisotopic (exact) mass is 277 g/mol. The van der Waals surface area contributed by atoms with Crippen LogP contribution in [0.2, 0.25) is 0 Å². The topological polar surface area (TPSA) is 29.1 Å². The molecule has 1 aliphatic rings. The second-order valence-electron chi connectivity index (χ2n) is 5.42. The minimum atomic E-state index is 0.124. The van der Waals surface area contributed by atoms with Crippen LogP contribution in [-0.4, -0.2) is 16.9 Å². The van der Waals surface area contributed by atoms with Crippen molar-refractivity contribution in [2.45, 2.75) is 51.2 Å². The molecule has 0 saturated heterocycles. The van der Waals surface area contributed by atoms with Gasteiger partial charge in [-0.15, -0.1) is 11.8 Å². The van der Waals surface area contributed by atoms with E-state index in [4.69, 9.17) is 0 Å². The first kappa shape index (κ1) is 14.4. The summed E-state index contributed by atoms with van der Waals surface area (Å²) in [4.78, 5) is 11.9. The molecule has 0 heterocycles. The zero-order valence-corrected chi connectivity index (χ0v) is 12.7. The van der Waals surface area contributed by atoms with E-state index in [9.17, 15) is 4.79 Å². The average molecular weight is 277 g/mol. The standard InChI is InChI=1S/C16H23NOS/c1-12-8-9-14(10-13(12)2)17-16(18)11-19-15-6-4-3-5-7-15/h8-10,15H,3-7,11H2,1-2H3,(H,17,18). The second kappa shape index (κ2) is 6.99. The van der Waals surface area contributed by atoms with Crippen LogP contribution in [0.3, 0.4) is 0 Å². The van der Waals surface area contributed by atoms with Crippen molar-refractivity contribution in [1.29, 1.82) is 0 Å². The smallest absolute Gasteiger partial charge is 0.234 e. The van der Waals surface area contributed by atoms with Gasteiger partial charge in [-0.3, -0.25) is 4.79 Å². The van der Waals surface area contributed by atoms with Crippen molar-refractivity contribution in [1.82, 2.24) is 0 Å². The molecule has 0 atom stereocenters. The molecule has 3 heteroatoms. The summed E-state index contributed by atoms with van der Waals surface area (Å²) in [5.41, 5.74) is 3.39. The van der Waals surface area contributed by atoms with Gasteiger partial charge < -0.3 is 5.32 Å². The Kier molecular flexibility index (Phi) is 5.32. The van der Waals surface area contributed by atoms with Gasteiger partial charge in [0.15, 0.2) is 0 Å². The Bertz CT molecular complexity index is 438. The summed E-state index contributed by atoms with van der Waals surface area (Å²) >= 11 is 1.82. The quantitative estimate of drug-likeness (QED) is 0.888. The first-order valence-corrected chi connectivity index (χ1v) is 8.19. The highest BCUT2D eigenvalue weighted by Crippen LogP contribution is 2.28. The van der Waals surface area contributed by atoms with Crippen LogP contribution in [0, 0.1) is 13.8 Å². The maximum atomic E-state index is 11.9. The molecule has 0 bridgehead atoms. The third-order valence-electron chi connectivity index (χ3n) is 3.79. The molecule has 0 aliphatic heterocycles. The van der Waals surface area contributed by atoms with Crippen LogP contribution in [0.25, 0.3) is 0 Å². The van der Waals surface area contributed by atoms with Crippen molar-refractivity contribution in [3.8, 4) is 0 Å². The molecule has 0 radical (unpaired) electrons. The van der Waals surface area contributed by atoms with E-state index >= 15 is 0 Å². The summed E-state index contributed by atoms with van der Waals surface area (Å²) in [6, 6.07) is 6.07. The molecule has 1 aromatic rings. The lowest BCUT2D eigenvalue weighted by Crippen LogP contribution is -2.17. The molecule has 1 saturated carbocycles. The van der Waals surface area contributed by atoms with E-state index in [1.54, 1.807) is 0 Å². The number of benzene rings is 1. The molecule has 1 aliphatic carbocycles. The van der Waals surface area contributed by atoms with Crippen LogP contribution in [-0.2, 0) is 4.79 Å². The van der Waals surface area contributed by atoms with Gasteiger partial charge in [0.05, 0.1) is 5.75 Å². The van der Waals surface area contributed by atoms with Crippen LogP contribution in [0.4, 0.5) is 5.69 Å². The summed E-state index contributed by atoms with van der Waals surface area (Å²) in [6.07, 6.45) is 6.59. The Morgan fingerprint density at radius 2 is 1.95 bits per heavy atom. The predicted molar refractivity (Wildman–Crippen MR) is 83.9 cm³/mol. The van der Waals surface area contributed by atoms with Crippen molar-refractivity contribution in [3.63, 3.8) is 0 Å². The number of rotatable bonds is 4. The van der Waals surface area contributed by atoms with Gasteiger partial charge in [0, 0.05) is 10.9 Å². The fraction of sp³-hybridized carbons (Fsp3) is 0.562. The van der Waals surface area contributed by atoms with E-state index < -0.39 is 0 Å². The molecule has 0 aromatic heterocycles. The number of anilines is 1. The number of amides is 1. The van der Waals surface area contributed by atoms with Crippen LogP contribution >= 0.6 is 11.8 Å². The molecule has 1 N–H and O–H groups in total. The van der Waals surface area contributed by atoms with Gasteiger partial charge in [-0.05, 0) is 49.9 Å². The Hall–Kier alpha value is -0.960. The molecule has 19 heavy (non-hydrogen) atoms. The van der Waals surface area contributed by atoms with E-state index in [0.717, 1.165) is 5.69 Å². The lowest BCUT2D eigenvalue weighted by atomic mass is 10.0.